The van der Waals surface area contributed by atoms with Crippen molar-refractivity contribution in [3.63, 3.8) is 0 Å². The maximum absolute atomic E-state index is 12.7. The summed E-state index contributed by atoms with van der Waals surface area (Å²) in [4.78, 5) is 29.0. The van der Waals surface area contributed by atoms with Gasteiger partial charge in [-0.25, -0.2) is 4.98 Å². The third-order valence-electron chi connectivity index (χ3n) is 4.61. The fourth-order valence-corrected chi connectivity index (χ4v) is 3.47. The van der Waals surface area contributed by atoms with Crippen LogP contribution in [0.3, 0.4) is 0 Å². The monoisotopic (exact) mass is 480 g/mol. The largest absolute Gasteiger partial charge is 0.493 e. The standard InChI is InChI=1S/C22H22Cl2N2O6/c1-29-19-11-15-17(12-20(19)30-2)25-13-26(22(15)28)7-3-4-21(27)32-9-8-31-18-6-5-14(23)10-16(18)24/h5-6,10-13H,3-4,7-9H2,1-2H3. The van der Waals surface area contributed by atoms with Crippen molar-refractivity contribution < 1.29 is 23.7 Å². The number of carbonyl (C=O) groups is 1. The predicted molar refractivity (Wildman–Crippen MR) is 121 cm³/mol. The Bertz CT molecular complexity index is 1170. The SMILES string of the molecule is COc1cc2ncn(CCCC(=O)OCCOc3ccc(Cl)cc3Cl)c(=O)c2cc1OC. The molecule has 0 amide bonds. The van der Waals surface area contributed by atoms with Crippen molar-refractivity contribution in [2.24, 2.45) is 0 Å². The van der Waals surface area contributed by atoms with Crippen molar-refractivity contribution in [2.75, 3.05) is 27.4 Å². The van der Waals surface area contributed by atoms with E-state index in [2.05, 4.69) is 4.98 Å². The van der Waals surface area contributed by atoms with E-state index >= 15 is 0 Å². The van der Waals surface area contributed by atoms with E-state index in [1.807, 2.05) is 0 Å². The second kappa shape index (κ2) is 11.1. The minimum atomic E-state index is -0.385. The summed E-state index contributed by atoms with van der Waals surface area (Å²) in [6, 6.07) is 8.12. The second-order valence-corrected chi connectivity index (χ2v) is 7.56. The third kappa shape index (κ3) is 5.83. The highest BCUT2D eigenvalue weighted by Gasteiger charge is 2.12. The van der Waals surface area contributed by atoms with Crippen molar-refractivity contribution in [3.8, 4) is 17.2 Å². The number of nitrogens with zero attached hydrogens (tertiary/aromatic N) is 2. The molecule has 10 heteroatoms. The Labute approximate surface area is 194 Å². The maximum atomic E-state index is 12.7. The van der Waals surface area contributed by atoms with Gasteiger partial charge in [-0.15, -0.1) is 0 Å². The summed E-state index contributed by atoms with van der Waals surface area (Å²) in [6.45, 7) is 0.561. The lowest BCUT2D eigenvalue weighted by Gasteiger charge is -2.11. The van der Waals surface area contributed by atoms with Gasteiger partial charge in [0.1, 0.15) is 19.0 Å². The molecule has 0 aliphatic rings. The topological polar surface area (TPSA) is 88.9 Å². The summed E-state index contributed by atoms with van der Waals surface area (Å²) in [6.07, 6.45) is 2.02. The van der Waals surface area contributed by atoms with Gasteiger partial charge >= 0.3 is 5.97 Å². The number of carbonyl (C=O) groups excluding carboxylic acids is 1. The van der Waals surface area contributed by atoms with Crippen LogP contribution in [0.2, 0.25) is 10.0 Å². The fourth-order valence-electron chi connectivity index (χ4n) is 3.01. The lowest BCUT2D eigenvalue weighted by molar-refractivity contribution is -0.144. The highest BCUT2D eigenvalue weighted by Crippen LogP contribution is 2.30. The summed E-state index contributed by atoms with van der Waals surface area (Å²) in [7, 11) is 3.02. The van der Waals surface area contributed by atoms with Crippen LogP contribution in [0.1, 0.15) is 12.8 Å². The number of hydrogen-bond acceptors (Lipinski definition) is 7. The van der Waals surface area contributed by atoms with Crippen LogP contribution in [0, 0.1) is 0 Å². The van der Waals surface area contributed by atoms with Gasteiger partial charge in [0.05, 0.1) is 36.5 Å². The summed E-state index contributed by atoms with van der Waals surface area (Å²) >= 11 is 11.8. The van der Waals surface area contributed by atoms with Gasteiger partial charge in [-0.05, 0) is 30.7 Å². The molecule has 32 heavy (non-hydrogen) atoms. The molecule has 0 aliphatic heterocycles. The first kappa shape index (κ1) is 23.7. The van der Waals surface area contributed by atoms with Gasteiger partial charge < -0.3 is 18.9 Å². The summed E-state index contributed by atoms with van der Waals surface area (Å²) in [5.74, 6) is 1.02. The minimum Gasteiger partial charge on any atom is -0.493 e. The fraction of sp³-hybridized carbons (Fsp3) is 0.318. The number of halogens is 2. The number of benzene rings is 2. The molecule has 0 unspecified atom stereocenters. The van der Waals surface area contributed by atoms with Crippen LogP contribution in [0.25, 0.3) is 10.9 Å². The molecule has 3 aromatic rings. The van der Waals surface area contributed by atoms with E-state index in [4.69, 9.17) is 42.1 Å². The van der Waals surface area contributed by atoms with Crippen molar-refractivity contribution >= 4 is 40.1 Å². The zero-order valence-corrected chi connectivity index (χ0v) is 19.1. The Kier molecular flexibility index (Phi) is 8.19. The summed E-state index contributed by atoms with van der Waals surface area (Å²) in [5.41, 5.74) is 0.279. The Morgan fingerprint density at radius 2 is 1.78 bits per heavy atom. The third-order valence-corrected chi connectivity index (χ3v) is 5.14. The zero-order chi connectivity index (χ0) is 23.1. The number of fused-ring (bicyclic) bond motifs is 1. The Morgan fingerprint density at radius 3 is 2.50 bits per heavy atom. The van der Waals surface area contributed by atoms with Crippen molar-refractivity contribution in [2.45, 2.75) is 19.4 Å². The van der Waals surface area contributed by atoms with Crippen molar-refractivity contribution in [1.82, 2.24) is 9.55 Å². The Morgan fingerprint density at radius 1 is 1.03 bits per heavy atom. The molecular weight excluding hydrogens is 459 g/mol. The number of esters is 1. The molecule has 3 rings (SSSR count). The van der Waals surface area contributed by atoms with Crippen LogP contribution in [0.15, 0.2) is 41.5 Å². The first-order valence-corrected chi connectivity index (χ1v) is 10.5. The quantitative estimate of drug-likeness (QED) is 0.318. The van der Waals surface area contributed by atoms with Gasteiger partial charge in [-0.1, -0.05) is 23.2 Å². The molecule has 8 nitrogen and oxygen atoms in total. The number of ether oxygens (including phenoxy) is 4. The number of rotatable bonds is 10. The van der Waals surface area contributed by atoms with Crippen molar-refractivity contribution in [1.29, 1.82) is 0 Å². The highest BCUT2D eigenvalue weighted by atomic mass is 35.5. The van der Waals surface area contributed by atoms with E-state index in [1.165, 1.54) is 25.1 Å². The molecule has 0 aliphatic carbocycles. The summed E-state index contributed by atoms with van der Waals surface area (Å²) in [5, 5.41) is 1.30. The number of aryl methyl sites for hydroxylation is 1. The van der Waals surface area contributed by atoms with Gasteiger partial charge in [0.25, 0.3) is 5.56 Å². The number of aromatic nitrogens is 2. The molecule has 170 valence electrons. The normalized spacial score (nSPS) is 10.8. The molecule has 0 saturated heterocycles. The van der Waals surface area contributed by atoms with E-state index in [0.717, 1.165) is 0 Å². The van der Waals surface area contributed by atoms with Crippen LogP contribution < -0.4 is 19.8 Å². The molecule has 1 aromatic heterocycles. The van der Waals surface area contributed by atoms with Gasteiger partial charge in [-0.2, -0.15) is 0 Å². The molecule has 0 spiro atoms. The van der Waals surface area contributed by atoms with Gasteiger partial charge in [-0.3, -0.25) is 14.2 Å². The molecule has 0 bridgehead atoms. The maximum Gasteiger partial charge on any atom is 0.305 e. The Hall–Kier alpha value is -2.97. The average molecular weight is 481 g/mol. The van der Waals surface area contributed by atoms with Crippen LogP contribution in [-0.2, 0) is 16.1 Å². The first-order chi connectivity index (χ1) is 15.4. The van der Waals surface area contributed by atoms with E-state index in [0.29, 0.717) is 51.2 Å². The molecule has 2 aromatic carbocycles. The van der Waals surface area contributed by atoms with Crippen LogP contribution in [0.5, 0.6) is 17.2 Å². The van der Waals surface area contributed by atoms with Gasteiger partial charge in [0, 0.05) is 24.1 Å². The minimum absolute atomic E-state index is 0.0803. The van der Waals surface area contributed by atoms with Crippen LogP contribution in [-0.4, -0.2) is 43.0 Å². The predicted octanol–water partition coefficient (Wildman–Crippen LogP) is 4.12. The highest BCUT2D eigenvalue weighted by molar-refractivity contribution is 6.35. The lowest BCUT2D eigenvalue weighted by Crippen LogP contribution is -2.21. The summed E-state index contributed by atoms with van der Waals surface area (Å²) < 4.78 is 22.6. The van der Waals surface area contributed by atoms with E-state index in [-0.39, 0.29) is 31.2 Å². The number of methoxy groups -OCH3 is 2. The Balaban J connectivity index is 1.48. The van der Waals surface area contributed by atoms with Gasteiger partial charge in [0.2, 0.25) is 0 Å². The molecule has 0 radical (unpaired) electrons. The van der Waals surface area contributed by atoms with E-state index in [1.54, 1.807) is 30.3 Å². The molecular formula is C22H22Cl2N2O6. The number of hydrogen-bond donors (Lipinski definition) is 0. The molecule has 0 saturated carbocycles. The van der Waals surface area contributed by atoms with Gasteiger partial charge in [0.15, 0.2) is 11.5 Å². The molecule has 0 atom stereocenters. The molecule has 0 N–H and O–H groups in total. The second-order valence-electron chi connectivity index (χ2n) is 6.71. The molecule has 1 heterocycles. The smallest absolute Gasteiger partial charge is 0.305 e. The van der Waals surface area contributed by atoms with Crippen LogP contribution >= 0.6 is 23.2 Å². The average Bonchev–Trinajstić information content (AvgIpc) is 2.78. The van der Waals surface area contributed by atoms with E-state index in [9.17, 15) is 9.59 Å². The zero-order valence-electron chi connectivity index (χ0n) is 17.6. The van der Waals surface area contributed by atoms with E-state index < -0.39 is 0 Å². The lowest BCUT2D eigenvalue weighted by atomic mass is 10.2. The van der Waals surface area contributed by atoms with Crippen molar-refractivity contribution in [3.05, 3.63) is 57.1 Å². The van der Waals surface area contributed by atoms with Crippen LogP contribution in [0.4, 0.5) is 0 Å². The first-order valence-electron chi connectivity index (χ1n) is 9.77. The molecule has 0 fully saturated rings.